The Kier molecular flexibility index (Phi) is 5.80. The summed E-state index contributed by atoms with van der Waals surface area (Å²) >= 11 is 0. The molecule has 0 spiro atoms. The second-order valence-electron chi connectivity index (χ2n) is 4.89. The molecule has 0 aliphatic heterocycles. The Hall–Kier alpha value is -2.75. The minimum atomic E-state index is -0.0575. The van der Waals surface area contributed by atoms with Gasteiger partial charge in [-0.25, -0.2) is 0 Å². The predicted molar refractivity (Wildman–Crippen MR) is 93.5 cm³/mol. The lowest BCUT2D eigenvalue weighted by Gasteiger charge is -2.09. The van der Waals surface area contributed by atoms with Crippen LogP contribution in [0.4, 0.5) is 5.69 Å². The third-order valence-electron chi connectivity index (χ3n) is 3.40. The van der Waals surface area contributed by atoms with E-state index in [2.05, 4.69) is 5.32 Å². The van der Waals surface area contributed by atoms with E-state index in [9.17, 15) is 4.79 Å². The van der Waals surface area contributed by atoms with Crippen LogP contribution >= 0.6 is 0 Å². The number of benzene rings is 2. The van der Waals surface area contributed by atoms with Crippen LogP contribution in [0.1, 0.15) is 22.8 Å². The smallest absolute Gasteiger partial charge is 0.185 e. The van der Waals surface area contributed by atoms with Crippen LogP contribution in [0, 0.1) is 0 Å². The van der Waals surface area contributed by atoms with E-state index >= 15 is 0 Å². The molecular weight excluding hydrogens is 290 g/mol. The minimum Gasteiger partial charge on any atom is -0.493 e. The van der Waals surface area contributed by atoms with Crippen molar-refractivity contribution in [3.8, 4) is 11.5 Å². The SMILES string of the molecule is CCNc1ccc(C(=O)/C=C/c2cccc(OC)c2OC)cc1. The highest BCUT2D eigenvalue weighted by molar-refractivity contribution is 6.07. The quantitative estimate of drug-likeness (QED) is 0.619. The van der Waals surface area contributed by atoms with Crippen LogP contribution in [-0.2, 0) is 0 Å². The monoisotopic (exact) mass is 311 g/mol. The number of carbonyl (C=O) groups excluding carboxylic acids is 1. The first-order chi connectivity index (χ1) is 11.2. The summed E-state index contributed by atoms with van der Waals surface area (Å²) in [5, 5.41) is 3.20. The molecule has 0 aromatic heterocycles. The molecule has 0 saturated heterocycles. The van der Waals surface area contributed by atoms with Gasteiger partial charge in [0.25, 0.3) is 0 Å². The Bertz CT molecular complexity index is 690. The molecule has 0 aliphatic carbocycles. The van der Waals surface area contributed by atoms with Gasteiger partial charge < -0.3 is 14.8 Å². The number of methoxy groups -OCH3 is 2. The standard InChI is InChI=1S/C19H21NO3/c1-4-20-16-11-8-14(9-12-16)17(21)13-10-15-6-5-7-18(22-2)19(15)23-3/h5-13,20H,4H2,1-3H3/b13-10+. The number of rotatable bonds is 7. The van der Waals surface area contributed by atoms with E-state index in [1.165, 1.54) is 0 Å². The van der Waals surface area contributed by atoms with Crippen LogP contribution in [0.2, 0.25) is 0 Å². The molecule has 4 nitrogen and oxygen atoms in total. The molecule has 0 heterocycles. The molecular formula is C19H21NO3. The molecule has 120 valence electrons. The summed E-state index contributed by atoms with van der Waals surface area (Å²) in [6, 6.07) is 13.0. The molecule has 0 aliphatic rings. The topological polar surface area (TPSA) is 47.6 Å². The molecule has 4 heteroatoms. The van der Waals surface area contributed by atoms with Gasteiger partial charge in [0.2, 0.25) is 0 Å². The van der Waals surface area contributed by atoms with E-state index in [0.29, 0.717) is 17.1 Å². The Morgan fingerprint density at radius 3 is 2.43 bits per heavy atom. The van der Waals surface area contributed by atoms with E-state index in [1.54, 1.807) is 26.4 Å². The molecule has 2 aromatic rings. The van der Waals surface area contributed by atoms with Gasteiger partial charge in [0.1, 0.15) is 0 Å². The summed E-state index contributed by atoms with van der Waals surface area (Å²) in [7, 11) is 3.17. The fraction of sp³-hybridized carbons (Fsp3) is 0.211. The summed E-state index contributed by atoms with van der Waals surface area (Å²) < 4.78 is 10.6. The van der Waals surface area contributed by atoms with Gasteiger partial charge in [-0.3, -0.25) is 4.79 Å². The molecule has 2 rings (SSSR count). The van der Waals surface area contributed by atoms with Crippen LogP contribution in [0.5, 0.6) is 11.5 Å². The second kappa shape index (κ2) is 8.03. The van der Waals surface area contributed by atoms with Crippen LogP contribution in [-0.4, -0.2) is 26.5 Å². The molecule has 0 atom stereocenters. The fourth-order valence-corrected chi connectivity index (χ4v) is 2.26. The number of hydrogen-bond donors (Lipinski definition) is 1. The summed E-state index contributed by atoms with van der Waals surface area (Å²) in [6.45, 7) is 2.88. The highest BCUT2D eigenvalue weighted by Crippen LogP contribution is 2.31. The molecule has 0 amide bonds. The lowest BCUT2D eigenvalue weighted by molar-refractivity contribution is 0.104. The van der Waals surface area contributed by atoms with E-state index in [0.717, 1.165) is 17.8 Å². The van der Waals surface area contributed by atoms with Gasteiger partial charge in [-0.15, -0.1) is 0 Å². The average molecular weight is 311 g/mol. The number of anilines is 1. The normalized spacial score (nSPS) is 10.6. The minimum absolute atomic E-state index is 0.0575. The Morgan fingerprint density at radius 1 is 1.09 bits per heavy atom. The first-order valence-electron chi connectivity index (χ1n) is 7.47. The van der Waals surface area contributed by atoms with Crippen LogP contribution in [0.25, 0.3) is 6.08 Å². The van der Waals surface area contributed by atoms with E-state index in [-0.39, 0.29) is 5.78 Å². The average Bonchev–Trinajstić information content (AvgIpc) is 2.60. The van der Waals surface area contributed by atoms with Gasteiger partial charge in [-0.05, 0) is 49.4 Å². The predicted octanol–water partition coefficient (Wildman–Crippen LogP) is 4.03. The Labute approximate surface area is 136 Å². The van der Waals surface area contributed by atoms with Crippen molar-refractivity contribution in [2.75, 3.05) is 26.1 Å². The maximum absolute atomic E-state index is 12.3. The number of ketones is 1. The zero-order chi connectivity index (χ0) is 16.7. The van der Waals surface area contributed by atoms with Crippen molar-refractivity contribution in [3.63, 3.8) is 0 Å². The second-order valence-corrected chi connectivity index (χ2v) is 4.89. The van der Waals surface area contributed by atoms with Gasteiger partial charge in [-0.2, -0.15) is 0 Å². The zero-order valence-corrected chi connectivity index (χ0v) is 13.6. The maximum Gasteiger partial charge on any atom is 0.185 e. The molecule has 23 heavy (non-hydrogen) atoms. The van der Waals surface area contributed by atoms with E-state index < -0.39 is 0 Å². The van der Waals surface area contributed by atoms with Crippen LogP contribution in [0.3, 0.4) is 0 Å². The lowest BCUT2D eigenvalue weighted by atomic mass is 10.1. The number of carbonyl (C=O) groups is 1. The van der Waals surface area contributed by atoms with Crippen molar-refractivity contribution < 1.29 is 14.3 Å². The molecule has 1 N–H and O–H groups in total. The van der Waals surface area contributed by atoms with E-state index in [1.807, 2.05) is 49.4 Å². The summed E-state index contributed by atoms with van der Waals surface area (Å²) in [4.78, 5) is 12.3. The number of ether oxygens (including phenoxy) is 2. The molecule has 0 fully saturated rings. The van der Waals surface area contributed by atoms with Gasteiger partial charge in [0, 0.05) is 23.4 Å². The van der Waals surface area contributed by atoms with Crippen LogP contribution < -0.4 is 14.8 Å². The highest BCUT2D eigenvalue weighted by atomic mass is 16.5. The number of hydrogen-bond acceptors (Lipinski definition) is 4. The first-order valence-corrected chi connectivity index (χ1v) is 7.47. The zero-order valence-electron chi connectivity index (χ0n) is 13.6. The third-order valence-corrected chi connectivity index (χ3v) is 3.40. The fourth-order valence-electron chi connectivity index (χ4n) is 2.26. The molecule has 0 radical (unpaired) electrons. The summed E-state index contributed by atoms with van der Waals surface area (Å²) in [5.74, 6) is 1.19. The summed E-state index contributed by atoms with van der Waals surface area (Å²) in [5.41, 5.74) is 2.44. The van der Waals surface area contributed by atoms with Gasteiger partial charge in [-0.1, -0.05) is 12.1 Å². The molecule has 0 saturated carbocycles. The van der Waals surface area contributed by atoms with Crippen molar-refractivity contribution in [2.24, 2.45) is 0 Å². The molecule has 2 aromatic carbocycles. The Balaban J connectivity index is 2.18. The number of allylic oxidation sites excluding steroid dienone is 1. The van der Waals surface area contributed by atoms with E-state index in [4.69, 9.17) is 9.47 Å². The van der Waals surface area contributed by atoms with Crippen LogP contribution in [0.15, 0.2) is 48.5 Å². The largest absolute Gasteiger partial charge is 0.493 e. The maximum atomic E-state index is 12.3. The molecule has 0 bridgehead atoms. The Morgan fingerprint density at radius 2 is 1.83 bits per heavy atom. The molecule has 0 unspecified atom stereocenters. The highest BCUT2D eigenvalue weighted by Gasteiger charge is 2.08. The van der Waals surface area contributed by atoms with Crippen molar-refractivity contribution in [1.29, 1.82) is 0 Å². The van der Waals surface area contributed by atoms with Gasteiger partial charge in [0.05, 0.1) is 14.2 Å². The van der Waals surface area contributed by atoms with Crippen molar-refractivity contribution in [3.05, 3.63) is 59.7 Å². The van der Waals surface area contributed by atoms with Crippen molar-refractivity contribution in [1.82, 2.24) is 0 Å². The summed E-state index contributed by atoms with van der Waals surface area (Å²) in [6.07, 6.45) is 3.28. The number of nitrogens with one attached hydrogen (secondary N) is 1. The first kappa shape index (κ1) is 16.6. The van der Waals surface area contributed by atoms with Crippen molar-refractivity contribution in [2.45, 2.75) is 6.92 Å². The lowest BCUT2D eigenvalue weighted by Crippen LogP contribution is -1.98. The number of para-hydroxylation sites is 1. The van der Waals surface area contributed by atoms with Gasteiger partial charge >= 0.3 is 0 Å². The van der Waals surface area contributed by atoms with Gasteiger partial charge in [0.15, 0.2) is 17.3 Å². The third kappa shape index (κ3) is 4.13. The van der Waals surface area contributed by atoms with Crippen molar-refractivity contribution >= 4 is 17.5 Å².